The van der Waals surface area contributed by atoms with Gasteiger partial charge in [-0.3, -0.25) is 4.90 Å². The Hall–Kier alpha value is -0.610. The van der Waals surface area contributed by atoms with Gasteiger partial charge in [0.1, 0.15) is 0 Å². The number of nitrogens with two attached hydrogens (primary N) is 1. The van der Waals surface area contributed by atoms with Gasteiger partial charge in [0.15, 0.2) is 0 Å². The van der Waals surface area contributed by atoms with Crippen molar-refractivity contribution in [2.75, 3.05) is 19.6 Å². The van der Waals surface area contributed by atoms with E-state index in [1.54, 1.807) is 0 Å². The Balaban J connectivity index is 2.17. The summed E-state index contributed by atoms with van der Waals surface area (Å²) in [7, 11) is 0. The highest BCUT2D eigenvalue weighted by Gasteiger charge is 2.28. The van der Waals surface area contributed by atoms with E-state index >= 15 is 0 Å². The fraction of sp³-hybridized carbons (Fsp3) is 0.571. The van der Waals surface area contributed by atoms with E-state index < -0.39 is 0 Å². The molecule has 0 amide bonds. The molecular weight excluding hydrogens is 248 g/mol. The Morgan fingerprint density at radius 1 is 1.39 bits per heavy atom. The second-order valence-corrected chi connectivity index (χ2v) is 5.45. The van der Waals surface area contributed by atoms with Gasteiger partial charge in [0.2, 0.25) is 0 Å². The number of hydrogen-bond acceptors (Lipinski definition) is 3. The molecule has 0 aliphatic carbocycles. The van der Waals surface area contributed by atoms with Crippen LogP contribution < -0.4 is 5.73 Å². The van der Waals surface area contributed by atoms with Crippen molar-refractivity contribution >= 4 is 11.6 Å². The first kappa shape index (κ1) is 13.8. The zero-order valence-electron chi connectivity index (χ0n) is 11.0. The predicted molar refractivity (Wildman–Crippen MR) is 74.8 cm³/mol. The molecule has 100 valence electrons. The summed E-state index contributed by atoms with van der Waals surface area (Å²) in [5, 5.41) is 0.764. The van der Waals surface area contributed by atoms with E-state index in [4.69, 9.17) is 22.1 Å². The van der Waals surface area contributed by atoms with E-state index in [0.29, 0.717) is 6.54 Å². The highest BCUT2D eigenvalue weighted by atomic mass is 35.5. The fourth-order valence-electron chi connectivity index (χ4n) is 2.68. The maximum absolute atomic E-state index is 6.06. The van der Waals surface area contributed by atoms with Crippen molar-refractivity contribution < 1.29 is 4.74 Å². The van der Waals surface area contributed by atoms with Crippen LogP contribution in [0.2, 0.25) is 5.02 Å². The van der Waals surface area contributed by atoms with Gasteiger partial charge in [0.25, 0.3) is 0 Å². The van der Waals surface area contributed by atoms with E-state index in [1.807, 2.05) is 18.2 Å². The summed E-state index contributed by atoms with van der Waals surface area (Å²) >= 11 is 6.06. The molecule has 3 atom stereocenters. The third-order valence-electron chi connectivity index (χ3n) is 3.35. The average Bonchev–Trinajstić information content (AvgIpc) is 2.28. The summed E-state index contributed by atoms with van der Waals surface area (Å²) in [6, 6.07) is 8.19. The molecule has 1 aromatic rings. The summed E-state index contributed by atoms with van der Waals surface area (Å²) in [4.78, 5) is 2.39. The molecule has 3 nitrogen and oxygen atoms in total. The van der Waals surface area contributed by atoms with Crippen LogP contribution in [0.5, 0.6) is 0 Å². The Morgan fingerprint density at radius 3 is 2.61 bits per heavy atom. The van der Waals surface area contributed by atoms with Crippen molar-refractivity contribution in [1.82, 2.24) is 4.90 Å². The normalized spacial score (nSPS) is 27.1. The molecule has 0 unspecified atom stereocenters. The first-order valence-electron chi connectivity index (χ1n) is 6.45. The van der Waals surface area contributed by atoms with E-state index in [-0.39, 0.29) is 18.2 Å². The fourth-order valence-corrected chi connectivity index (χ4v) is 2.88. The van der Waals surface area contributed by atoms with E-state index in [9.17, 15) is 0 Å². The molecule has 0 saturated carbocycles. The molecule has 1 aliphatic rings. The minimum absolute atomic E-state index is 0.220. The molecule has 1 aromatic carbocycles. The second kappa shape index (κ2) is 6.02. The van der Waals surface area contributed by atoms with Gasteiger partial charge >= 0.3 is 0 Å². The lowest BCUT2D eigenvalue weighted by Gasteiger charge is -2.40. The van der Waals surface area contributed by atoms with Gasteiger partial charge < -0.3 is 10.5 Å². The van der Waals surface area contributed by atoms with Crippen LogP contribution in [-0.4, -0.2) is 36.7 Å². The van der Waals surface area contributed by atoms with Crippen LogP contribution in [0.3, 0.4) is 0 Å². The largest absolute Gasteiger partial charge is 0.373 e. The lowest BCUT2D eigenvalue weighted by Crippen LogP contribution is -2.48. The van der Waals surface area contributed by atoms with Crippen molar-refractivity contribution in [1.29, 1.82) is 0 Å². The van der Waals surface area contributed by atoms with Crippen LogP contribution in [0.25, 0.3) is 0 Å². The molecule has 1 saturated heterocycles. The van der Waals surface area contributed by atoms with E-state index in [1.165, 1.54) is 5.56 Å². The molecule has 1 aliphatic heterocycles. The van der Waals surface area contributed by atoms with Crippen molar-refractivity contribution in [2.45, 2.75) is 32.1 Å². The maximum Gasteiger partial charge on any atom is 0.0678 e. The van der Waals surface area contributed by atoms with Gasteiger partial charge in [-0.15, -0.1) is 0 Å². The molecule has 18 heavy (non-hydrogen) atoms. The van der Waals surface area contributed by atoms with Crippen LogP contribution in [0.15, 0.2) is 24.3 Å². The number of benzene rings is 1. The number of hydrogen-bond donors (Lipinski definition) is 1. The van der Waals surface area contributed by atoms with Crippen molar-refractivity contribution in [3.05, 3.63) is 34.9 Å². The van der Waals surface area contributed by atoms with Gasteiger partial charge in [0, 0.05) is 30.7 Å². The quantitative estimate of drug-likeness (QED) is 0.915. The lowest BCUT2D eigenvalue weighted by molar-refractivity contribution is -0.0799. The summed E-state index contributed by atoms with van der Waals surface area (Å²) in [5.41, 5.74) is 7.14. The van der Waals surface area contributed by atoms with Crippen molar-refractivity contribution in [3.8, 4) is 0 Å². The molecule has 0 spiro atoms. The van der Waals surface area contributed by atoms with Crippen LogP contribution in [0.1, 0.15) is 25.5 Å². The summed E-state index contributed by atoms with van der Waals surface area (Å²) in [6.07, 6.45) is 0.504. The first-order chi connectivity index (χ1) is 8.60. The smallest absolute Gasteiger partial charge is 0.0678 e. The third-order valence-corrected chi connectivity index (χ3v) is 3.58. The third kappa shape index (κ3) is 3.23. The highest BCUT2D eigenvalue weighted by molar-refractivity contribution is 6.30. The Kier molecular flexibility index (Phi) is 4.62. The minimum atomic E-state index is 0.220. The molecule has 2 N–H and O–H groups in total. The summed E-state index contributed by atoms with van der Waals surface area (Å²) in [5.74, 6) is 0. The van der Waals surface area contributed by atoms with Gasteiger partial charge in [-0.25, -0.2) is 0 Å². The van der Waals surface area contributed by atoms with Crippen molar-refractivity contribution in [2.24, 2.45) is 5.73 Å². The van der Waals surface area contributed by atoms with Crippen LogP contribution in [-0.2, 0) is 4.74 Å². The van der Waals surface area contributed by atoms with E-state index in [0.717, 1.165) is 18.1 Å². The van der Waals surface area contributed by atoms with Gasteiger partial charge in [0.05, 0.1) is 12.2 Å². The number of nitrogens with zero attached hydrogens (tertiary/aromatic N) is 1. The standard InChI is InChI=1S/C14H21ClN2O/c1-10-8-17(9-11(2)18-10)14(7-16)12-4-3-5-13(15)6-12/h3-6,10-11,14H,7-9,16H2,1-2H3/t10-,11+,14-/m0/s1. The highest BCUT2D eigenvalue weighted by Crippen LogP contribution is 2.25. The molecule has 0 bridgehead atoms. The second-order valence-electron chi connectivity index (χ2n) is 5.02. The number of halogens is 1. The Bertz CT molecular complexity index is 389. The summed E-state index contributed by atoms with van der Waals surface area (Å²) < 4.78 is 5.76. The number of ether oxygens (including phenoxy) is 1. The molecule has 4 heteroatoms. The Morgan fingerprint density at radius 2 is 2.06 bits per heavy atom. The molecule has 2 rings (SSSR count). The number of morpholine rings is 1. The molecule has 0 radical (unpaired) electrons. The zero-order chi connectivity index (χ0) is 13.1. The topological polar surface area (TPSA) is 38.5 Å². The molecule has 1 heterocycles. The lowest BCUT2D eigenvalue weighted by atomic mass is 10.0. The Labute approximate surface area is 114 Å². The van der Waals surface area contributed by atoms with Crippen LogP contribution in [0, 0.1) is 0 Å². The van der Waals surface area contributed by atoms with Gasteiger partial charge in [-0.05, 0) is 31.5 Å². The number of rotatable bonds is 3. The molecular formula is C14H21ClN2O. The van der Waals surface area contributed by atoms with Crippen LogP contribution in [0.4, 0.5) is 0 Å². The summed E-state index contributed by atoms with van der Waals surface area (Å²) in [6.45, 7) is 6.64. The van der Waals surface area contributed by atoms with Gasteiger partial charge in [-0.2, -0.15) is 0 Å². The molecule has 0 aromatic heterocycles. The van der Waals surface area contributed by atoms with Gasteiger partial charge in [-0.1, -0.05) is 23.7 Å². The SMILES string of the molecule is C[C@@H]1CN([C@@H](CN)c2cccc(Cl)c2)C[C@H](C)O1. The average molecular weight is 269 g/mol. The molecule has 1 fully saturated rings. The van der Waals surface area contributed by atoms with E-state index in [2.05, 4.69) is 24.8 Å². The first-order valence-corrected chi connectivity index (χ1v) is 6.83. The maximum atomic E-state index is 6.06. The van der Waals surface area contributed by atoms with Crippen LogP contribution >= 0.6 is 11.6 Å². The van der Waals surface area contributed by atoms with Crippen molar-refractivity contribution in [3.63, 3.8) is 0 Å². The zero-order valence-corrected chi connectivity index (χ0v) is 11.7. The minimum Gasteiger partial charge on any atom is -0.373 e. The monoisotopic (exact) mass is 268 g/mol. The predicted octanol–water partition coefficient (Wildman–Crippen LogP) is 2.45.